The summed E-state index contributed by atoms with van der Waals surface area (Å²) in [5.74, 6) is -0.778. The Labute approximate surface area is 170 Å². The molecule has 0 aromatic heterocycles. The predicted molar refractivity (Wildman–Crippen MR) is 110 cm³/mol. The van der Waals surface area contributed by atoms with Crippen LogP contribution in [0.5, 0.6) is 0 Å². The summed E-state index contributed by atoms with van der Waals surface area (Å²) in [4.78, 5) is 23.3. The summed E-state index contributed by atoms with van der Waals surface area (Å²) in [6, 6.07) is 0. The number of carbonyl (C=O) groups is 2. The van der Waals surface area contributed by atoms with Gasteiger partial charge in [-0.05, 0) is 19.3 Å². The Hall–Kier alpha value is -1.03. The zero-order valence-corrected chi connectivity index (χ0v) is 17.7. The second kappa shape index (κ2) is 16.0. The average Bonchev–Trinajstić information content (AvgIpc) is 2.67. The van der Waals surface area contributed by atoms with Gasteiger partial charge in [0.2, 0.25) is 0 Å². The lowest BCUT2D eigenvalue weighted by Crippen LogP contribution is -2.25. The first-order valence-corrected chi connectivity index (χ1v) is 11.2. The Morgan fingerprint density at radius 1 is 0.852 bits per heavy atom. The molecule has 1 saturated carbocycles. The highest BCUT2D eigenvalue weighted by molar-refractivity contribution is 6.20. The molecule has 0 radical (unpaired) electrons. The number of hydrogen-bond acceptors (Lipinski definition) is 4. The Balaban J connectivity index is 1.98. The smallest absolute Gasteiger partial charge is 0.331 e. The minimum absolute atomic E-state index is 0.0804. The number of hydrogen-bond donors (Lipinski definition) is 0. The molecule has 2 atom stereocenters. The quantitative estimate of drug-likeness (QED) is 0.156. The van der Waals surface area contributed by atoms with Gasteiger partial charge in [-0.2, -0.15) is 0 Å². The number of unbranched alkanes of at least 4 members (excludes halogenated alkanes) is 8. The first kappa shape index (κ1) is 24.0. The van der Waals surface area contributed by atoms with Crippen LogP contribution < -0.4 is 0 Å². The van der Waals surface area contributed by atoms with E-state index < -0.39 is 11.9 Å². The summed E-state index contributed by atoms with van der Waals surface area (Å²) < 4.78 is 10.3. The third-order valence-corrected chi connectivity index (χ3v) is 5.68. The van der Waals surface area contributed by atoms with Gasteiger partial charge in [0, 0.05) is 23.4 Å². The van der Waals surface area contributed by atoms with Crippen LogP contribution in [-0.2, 0) is 19.1 Å². The maximum Gasteiger partial charge on any atom is 0.331 e. The number of esters is 2. The molecule has 1 rings (SSSR count). The maximum atomic E-state index is 11.7. The van der Waals surface area contributed by atoms with Crippen molar-refractivity contribution in [1.29, 1.82) is 0 Å². The van der Waals surface area contributed by atoms with Crippen molar-refractivity contribution in [2.45, 2.75) is 95.8 Å². The molecule has 0 saturated heterocycles. The molecule has 0 aliphatic heterocycles. The summed E-state index contributed by atoms with van der Waals surface area (Å²) >= 11 is 6.24. The van der Waals surface area contributed by atoms with Crippen molar-refractivity contribution < 1.29 is 19.1 Å². The topological polar surface area (TPSA) is 52.6 Å². The van der Waals surface area contributed by atoms with Gasteiger partial charge in [0.25, 0.3) is 0 Å². The van der Waals surface area contributed by atoms with Crippen LogP contribution in [0.4, 0.5) is 0 Å². The molecule has 0 spiro atoms. The second-order valence-electron chi connectivity index (χ2n) is 7.52. The molecule has 1 fully saturated rings. The number of rotatable bonds is 14. The number of carbonyl (C=O) groups excluding carboxylic acids is 2. The highest BCUT2D eigenvalue weighted by Crippen LogP contribution is 2.28. The van der Waals surface area contributed by atoms with E-state index in [1.807, 2.05) is 0 Å². The van der Waals surface area contributed by atoms with E-state index in [1.54, 1.807) is 0 Å². The van der Waals surface area contributed by atoms with Gasteiger partial charge in [-0.3, -0.25) is 0 Å². The van der Waals surface area contributed by atoms with Crippen molar-refractivity contribution in [1.82, 2.24) is 0 Å². The van der Waals surface area contributed by atoms with Gasteiger partial charge >= 0.3 is 11.9 Å². The van der Waals surface area contributed by atoms with Gasteiger partial charge in [0.05, 0.1) is 13.2 Å². The summed E-state index contributed by atoms with van der Waals surface area (Å²) in [7, 11) is 0. The van der Waals surface area contributed by atoms with Gasteiger partial charge in [-0.25, -0.2) is 9.59 Å². The lowest BCUT2D eigenvalue weighted by Gasteiger charge is -2.26. The lowest BCUT2D eigenvalue weighted by atomic mass is 9.89. The molecule has 0 heterocycles. The average molecular weight is 401 g/mol. The van der Waals surface area contributed by atoms with Crippen LogP contribution in [0.2, 0.25) is 0 Å². The lowest BCUT2D eigenvalue weighted by molar-refractivity contribution is -0.141. The van der Waals surface area contributed by atoms with Gasteiger partial charge in [0.1, 0.15) is 0 Å². The van der Waals surface area contributed by atoms with E-state index in [2.05, 4.69) is 6.92 Å². The summed E-state index contributed by atoms with van der Waals surface area (Å²) in [6.07, 6.45) is 17.5. The van der Waals surface area contributed by atoms with Crippen LogP contribution in [0.25, 0.3) is 0 Å². The minimum atomic E-state index is -0.510. The second-order valence-corrected chi connectivity index (χ2v) is 8.08. The number of halogens is 1. The number of alkyl halides is 1. The van der Waals surface area contributed by atoms with Crippen LogP contribution >= 0.6 is 11.6 Å². The largest absolute Gasteiger partial charge is 0.463 e. The van der Waals surface area contributed by atoms with Gasteiger partial charge < -0.3 is 9.47 Å². The molecule has 5 heteroatoms. The molecule has 0 bridgehead atoms. The molecule has 0 N–H and O–H groups in total. The van der Waals surface area contributed by atoms with Gasteiger partial charge in [0.15, 0.2) is 0 Å². The van der Waals surface area contributed by atoms with E-state index in [9.17, 15) is 9.59 Å². The molecule has 0 aromatic carbocycles. The molecule has 1 aliphatic carbocycles. The first-order chi connectivity index (χ1) is 13.1. The Kier molecular flexibility index (Phi) is 14.2. The van der Waals surface area contributed by atoms with Crippen LogP contribution in [-0.4, -0.2) is 30.5 Å². The Morgan fingerprint density at radius 3 is 2.04 bits per heavy atom. The Morgan fingerprint density at radius 2 is 1.41 bits per heavy atom. The standard InChI is InChI=1S/C22H37ClO4/c1-2-3-4-5-6-7-8-9-12-17-26-21(24)15-16-22(25)27-18-19-13-10-11-14-20(19)23/h15-16,19-20H,2-14,17-18H2,1H3/b16-15+. The van der Waals surface area contributed by atoms with Crippen LogP contribution in [0.15, 0.2) is 12.2 Å². The molecular formula is C22H37ClO4. The van der Waals surface area contributed by atoms with Crippen molar-refractivity contribution in [2.24, 2.45) is 5.92 Å². The van der Waals surface area contributed by atoms with Crippen LogP contribution in [0, 0.1) is 5.92 Å². The van der Waals surface area contributed by atoms with E-state index in [4.69, 9.17) is 21.1 Å². The molecular weight excluding hydrogens is 364 g/mol. The normalized spacial score (nSPS) is 19.9. The van der Waals surface area contributed by atoms with E-state index in [1.165, 1.54) is 44.9 Å². The van der Waals surface area contributed by atoms with Crippen LogP contribution in [0.3, 0.4) is 0 Å². The van der Waals surface area contributed by atoms with Crippen molar-refractivity contribution in [3.63, 3.8) is 0 Å². The van der Waals surface area contributed by atoms with E-state index in [0.717, 1.165) is 50.7 Å². The zero-order chi connectivity index (χ0) is 19.7. The summed E-state index contributed by atoms with van der Waals surface area (Å²) in [5, 5.41) is 0.0804. The molecule has 0 aromatic rings. The first-order valence-electron chi connectivity index (χ1n) is 10.8. The van der Waals surface area contributed by atoms with Crippen molar-refractivity contribution in [3.8, 4) is 0 Å². The molecule has 1 aliphatic rings. The van der Waals surface area contributed by atoms with Gasteiger partial charge in [-0.15, -0.1) is 11.6 Å². The summed E-state index contributed by atoms with van der Waals surface area (Å²) in [5.41, 5.74) is 0. The molecule has 27 heavy (non-hydrogen) atoms. The molecule has 4 nitrogen and oxygen atoms in total. The Bertz CT molecular complexity index is 436. The third kappa shape index (κ3) is 12.9. The fourth-order valence-corrected chi connectivity index (χ4v) is 3.71. The number of ether oxygens (including phenoxy) is 2. The summed E-state index contributed by atoms with van der Waals surface area (Å²) in [6.45, 7) is 2.96. The maximum absolute atomic E-state index is 11.7. The van der Waals surface area contributed by atoms with Gasteiger partial charge in [-0.1, -0.05) is 71.1 Å². The molecule has 0 amide bonds. The van der Waals surface area contributed by atoms with Crippen molar-refractivity contribution in [2.75, 3.05) is 13.2 Å². The van der Waals surface area contributed by atoms with Crippen LogP contribution in [0.1, 0.15) is 90.4 Å². The molecule has 156 valence electrons. The highest BCUT2D eigenvalue weighted by atomic mass is 35.5. The SMILES string of the molecule is CCCCCCCCCCCOC(=O)/C=C/C(=O)OCC1CCCCC1Cl. The van der Waals surface area contributed by atoms with E-state index in [-0.39, 0.29) is 11.3 Å². The fraction of sp³-hybridized carbons (Fsp3) is 0.818. The monoisotopic (exact) mass is 400 g/mol. The zero-order valence-electron chi connectivity index (χ0n) is 16.9. The van der Waals surface area contributed by atoms with E-state index >= 15 is 0 Å². The van der Waals surface area contributed by atoms with Crippen molar-refractivity contribution in [3.05, 3.63) is 12.2 Å². The van der Waals surface area contributed by atoms with Crippen molar-refractivity contribution >= 4 is 23.5 Å². The highest BCUT2D eigenvalue weighted by Gasteiger charge is 2.24. The third-order valence-electron chi connectivity index (χ3n) is 5.10. The predicted octanol–water partition coefficient (Wildman–Crippen LogP) is 5.96. The minimum Gasteiger partial charge on any atom is -0.463 e. The fourth-order valence-electron chi connectivity index (χ4n) is 3.36. The van der Waals surface area contributed by atoms with E-state index in [0.29, 0.717) is 13.2 Å². The molecule has 2 unspecified atom stereocenters.